The van der Waals surface area contributed by atoms with Crippen LogP contribution in [0.3, 0.4) is 0 Å². The highest BCUT2D eigenvalue weighted by Crippen LogP contribution is 2.20. The zero-order chi connectivity index (χ0) is 14.5. The van der Waals surface area contributed by atoms with Gasteiger partial charge >= 0.3 is 5.97 Å². The third-order valence-electron chi connectivity index (χ3n) is 2.73. The summed E-state index contributed by atoms with van der Waals surface area (Å²) in [7, 11) is 2.87. The SMILES string of the molecule is COC(=O)c1ccccc1N(C)C(=O)Cn1cnnn1. The lowest BCUT2D eigenvalue weighted by Crippen LogP contribution is -2.31. The second-order valence-corrected chi connectivity index (χ2v) is 3.97. The van der Waals surface area contributed by atoms with Gasteiger partial charge in [-0.3, -0.25) is 4.79 Å². The number of ether oxygens (including phenoxy) is 1. The molecule has 2 aromatic rings. The first-order valence-electron chi connectivity index (χ1n) is 5.78. The van der Waals surface area contributed by atoms with E-state index in [0.29, 0.717) is 11.3 Å². The Bertz CT molecular complexity index is 611. The molecule has 0 bridgehead atoms. The summed E-state index contributed by atoms with van der Waals surface area (Å²) in [5.41, 5.74) is 0.792. The van der Waals surface area contributed by atoms with E-state index >= 15 is 0 Å². The molecule has 1 aromatic heterocycles. The maximum atomic E-state index is 12.1. The third-order valence-corrected chi connectivity index (χ3v) is 2.73. The summed E-state index contributed by atoms with van der Waals surface area (Å²) in [6.07, 6.45) is 1.35. The number of benzene rings is 1. The van der Waals surface area contributed by atoms with Crippen LogP contribution in [-0.2, 0) is 16.1 Å². The van der Waals surface area contributed by atoms with Crippen molar-refractivity contribution in [1.29, 1.82) is 0 Å². The topological polar surface area (TPSA) is 90.2 Å². The van der Waals surface area contributed by atoms with Crippen LogP contribution in [0.25, 0.3) is 0 Å². The Kier molecular flexibility index (Phi) is 4.04. The number of rotatable bonds is 4. The summed E-state index contributed by atoms with van der Waals surface area (Å²) in [5.74, 6) is -0.753. The van der Waals surface area contributed by atoms with Gasteiger partial charge in [0, 0.05) is 7.05 Å². The lowest BCUT2D eigenvalue weighted by atomic mass is 10.1. The van der Waals surface area contributed by atoms with Crippen molar-refractivity contribution in [3.63, 3.8) is 0 Å². The fourth-order valence-corrected chi connectivity index (χ4v) is 1.68. The molecule has 0 aliphatic carbocycles. The van der Waals surface area contributed by atoms with Crippen LogP contribution in [-0.4, -0.2) is 46.2 Å². The molecule has 1 amide bonds. The summed E-state index contributed by atoms with van der Waals surface area (Å²) in [6, 6.07) is 6.71. The second-order valence-electron chi connectivity index (χ2n) is 3.97. The minimum atomic E-state index is -0.498. The highest BCUT2D eigenvalue weighted by Gasteiger charge is 2.19. The number of hydrogen-bond donors (Lipinski definition) is 0. The molecule has 2 rings (SSSR count). The number of likely N-dealkylation sites (N-methyl/N-ethyl adjacent to an activating group) is 1. The van der Waals surface area contributed by atoms with Crippen LogP contribution in [0.1, 0.15) is 10.4 Å². The first-order valence-corrected chi connectivity index (χ1v) is 5.78. The first-order chi connectivity index (χ1) is 9.63. The minimum Gasteiger partial charge on any atom is -0.465 e. The number of carbonyl (C=O) groups excluding carboxylic acids is 2. The average molecular weight is 275 g/mol. The van der Waals surface area contributed by atoms with Gasteiger partial charge in [-0.25, -0.2) is 9.48 Å². The highest BCUT2D eigenvalue weighted by molar-refractivity contribution is 6.02. The average Bonchev–Trinajstić information content (AvgIpc) is 2.98. The number of amides is 1. The number of aromatic nitrogens is 4. The van der Waals surface area contributed by atoms with Gasteiger partial charge in [0.25, 0.3) is 0 Å². The van der Waals surface area contributed by atoms with Crippen molar-refractivity contribution in [2.24, 2.45) is 0 Å². The monoisotopic (exact) mass is 275 g/mol. The molecule has 1 aromatic carbocycles. The minimum absolute atomic E-state index is 0.0149. The molecule has 0 aliphatic heterocycles. The lowest BCUT2D eigenvalue weighted by molar-refractivity contribution is -0.119. The van der Waals surface area contributed by atoms with Gasteiger partial charge < -0.3 is 9.64 Å². The number of tetrazole rings is 1. The zero-order valence-corrected chi connectivity index (χ0v) is 11.1. The van der Waals surface area contributed by atoms with Gasteiger partial charge in [0.1, 0.15) is 12.9 Å². The van der Waals surface area contributed by atoms with Crippen LogP contribution < -0.4 is 4.90 Å². The number of anilines is 1. The van der Waals surface area contributed by atoms with E-state index in [9.17, 15) is 9.59 Å². The van der Waals surface area contributed by atoms with E-state index in [1.54, 1.807) is 31.3 Å². The van der Waals surface area contributed by atoms with E-state index in [2.05, 4.69) is 15.5 Å². The molecular formula is C12H13N5O3. The number of nitrogens with zero attached hydrogens (tertiary/aromatic N) is 5. The summed E-state index contributed by atoms with van der Waals surface area (Å²) in [4.78, 5) is 25.2. The van der Waals surface area contributed by atoms with Crippen LogP contribution in [0.2, 0.25) is 0 Å². The second kappa shape index (κ2) is 5.91. The quantitative estimate of drug-likeness (QED) is 0.736. The van der Waals surface area contributed by atoms with E-state index < -0.39 is 5.97 Å². The van der Waals surface area contributed by atoms with Gasteiger partial charge in [0.2, 0.25) is 5.91 Å². The fourth-order valence-electron chi connectivity index (χ4n) is 1.68. The molecule has 8 nitrogen and oxygen atoms in total. The van der Waals surface area contributed by atoms with Crippen molar-refractivity contribution in [2.75, 3.05) is 19.1 Å². The van der Waals surface area contributed by atoms with E-state index in [1.807, 2.05) is 0 Å². The molecule has 0 atom stereocenters. The van der Waals surface area contributed by atoms with Crippen LogP contribution in [0.15, 0.2) is 30.6 Å². The number of hydrogen-bond acceptors (Lipinski definition) is 6. The number of esters is 1. The summed E-state index contributed by atoms with van der Waals surface area (Å²) in [6.45, 7) is -0.0149. The Morgan fingerprint density at radius 2 is 2.10 bits per heavy atom. The van der Waals surface area contributed by atoms with Gasteiger partial charge in [0.05, 0.1) is 18.4 Å². The molecule has 0 saturated carbocycles. The molecule has 0 fully saturated rings. The number of methoxy groups -OCH3 is 1. The van der Waals surface area contributed by atoms with E-state index in [4.69, 9.17) is 4.74 Å². The Morgan fingerprint density at radius 1 is 1.35 bits per heavy atom. The van der Waals surface area contributed by atoms with Crippen molar-refractivity contribution < 1.29 is 14.3 Å². The Morgan fingerprint density at radius 3 is 2.75 bits per heavy atom. The Labute approximate surface area is 114 Å². The molecule has 0 spiro atoms. The van der Waals surface area contributed by atoms with Gasteiger partial charge in [-0.1, -0.05) is 12.1 Å². The molecule has 0 radical (unpaired) electrons. The number of carbonyl (C=O) groups is 2. The molecule has 0 aliphatic rings. The third kappa shape index (κ3) is 2.79. The van der Waals surface area contributed by atoms with Crippen LogP contribution >= 0.6 is 0 Å². The molecule has 0 saturated heterocycles. The standard InChI is InChI=1S/C12H13N5O3/c1-16(11(18)7-17-8-13-14-15-17)10-6-4-3-5-9(10)12(19)20-2/h3-6,8H,7H2,1-2H3. The predicted octanol–water partition coefficient (Wildman–Crippen LogP) is 0.123. The molecular weight excluding hydrogens is 262 g/mol. The Hall–Kier alpha value is -2.77. The van der Waals surface area contributed by atoms with Crippen molar-refractivity contribution in [1.82, 2.24) is 20.2 Å². The smallest absolute Gasteiger partial charge is 0.339 e. The normalized spacial score (nSPS) is 10.1. The van der Waals surface area contributed by atoms with E-state index in [-0.39, 0.29) is 12.5 Å². The molecule has 0 N–H and O–H groups in total. The number of para-hydroxylation sites is 1. The van der Waals surface area contributed by atoms with Crippen molar-refractivity contribution in [3.8, 4) is 0 Å². The molecule has 8 heteroatoms. The van der Waals surface area contributed by atoms with Crippen LogP contribution in [0, 0.1) is 0 Å². The molecule has 104 valence electrons. The fraction of sp³-hybridized carbons (Fsp3) is 0.250. The van der Waals surface area contributed by atoms with Gasteiger partial charge in [-0.15, -0.1) is 5.10 Å². The van der Waals surface area contributed by atoms with Crippen molar-refractivity contribution in [2.45, 2.75) is 6.54 Å². The van der Waals surface area contributed by atoms with Gasteiger partial charge in [0.15, 0.2) is 0 Å². The first kappa shape index (κ1) is 13.7. The van der Waals surface area contributed by atoms with Gasteiger partial charge in [-0.2, -0.15) is 0 Å². The predicted molar refractivity (Wildman–Crippen MR) is 69.0 cm³/mol. The van der Waals surface area contributed by atoms with Crippen molar-refractivity contribution >= 4 is 17.6 Å². The van der Waals surface area contributed by atoms with Crippen LogP contribution in [0.4, 0.5) is 5.69 Å². The lowest BCUT2D eigenvalue weighted by Gasteiger charge is -2.19. The maximum absolute atomic E-state index is 12.1. The Balaban J connectivity index is 2.22. The molecule has 1 heterocycles. The summed E-state index contributed by atoms with van der Waals surface area (Å²) >= 11 is 0. The summed E-state index contributed by atoms with van der Waals surface area (Å²) < 4.78 is 6.00. The largest absolute Gasteiger partial charge is 0.465 e. The molecule has 20 heavy (non-hydrogen) atoms. The molecule has 0 unspecified atom stereocenters. The van der Waals surface area contributed by atoms with E-state index in [0.717, 1.165) is 0 Å². The van der Waals surface area contributed by atoms with E-state index in [1.165, 1.54) is 23.0 Å². The van der Waals surface area contributed by atoms with Crippen molar-refractivity contribution in [3.05, 3.63) is 36.2 Å². The van der Waals surface area contributed by atoms with Gasteiger partial charge in [-0.05, 0) is 22.6 Å². The highest BCUT2D eigenvalue weighted by atomic mass is 16.5. The summed E-state index contributed by atoms with van der Waals surface area (Å²) in [5, 5.41) is 10.5. The van der Waals surface area contributed by atoms with Crippen LogP contribution in [0.5, 0.6) is 0 Å². The maximum Gasteiger partial charge on any atom is 0.339 e. The zero-order valence-electron chi connectivity index (χ0n) is 11.1.